The van der Waals surface area contributed by atoms with Crippen molar-refractivity contribution in [2.24, 2.45) is 23.7 Å². The second-order valence-corrected chi connectivity index (χ2v) is 16.2. The summed E-state index contributed by atoms with van der Waals surface area (Å²) >= 11 is 13.4. The van der Waals surface area contributed by atoms with Crippen LogP contribution in [0.2, 0.25) is 10.0 Å². The fourth-order valence-electron chi connectivity index (χ4n) is 10.4. The molecule has 0 spiro atoms. The van der Waals surface area contributed by atoms with Gasteiger partial charge < -0.3 is 5.11 Å². The molecular weight excluding hydrogens is 721 g/mol. The monoisotopic (exact) mass is 759 g/mol. The molecule has 0 unspecified atom stereocenters. The number of benzene rings is 4. The van der Waals surface area contributed by atoms with E-state index in [4.69, 9.17) is 23.2 Å². The van der Waals surface area contributed by atoms with E-state index in [9.17, 15) is 19.5 Å². The van der Waals surface area contributed by atoms with Gasteiger partial charge in [0.25, 0.3) is 0 Å². The van der Waals surface area contributed by atoms with Crippen LogP contribution < -0.4 is 4.90 Å². The number of fused-ring (bicyclic) bond motifs is 4. The maximum Gasteiger partial charge on any atom is 0.246 e. The maximum absolute atomic E-state index is 15.4. The number of piperidine rings is 1. The number of anilines is 1. The van der Waals surface area contributed by atoms with Crippen LogP contribution in [0.1, 0.15) is 48.3 Å². The molecule has 0 aromatic heterocycles. The van der Waals surface area contributed by atoms with Crippen LogP contribution in [0.5, 0.6) is 5.75 Å². The van der Waals surface area contributed by atoms with Gasteiger partial charge in [-0.3, -0.25) is 29.0 Å². The van der Waals surface area contributed by atoms with Crippen LogP contribution in [0.25, 0.3) is 0 Å². The van der Waals surface area contributed by atoms with Crippen LogP contribution in [0.15, 0.2) is 115 Å². The van der Waals surface area contributed by atoms with Crippen molar-refractivity contribution in [2.45, 2.75) is 49.6 Å². The predicted molar refractivity (Wildman–Crippen MR) is 206 cm³/mol. The number of likely N-dealkylation sites (tertiary alicyclic amines) is 2. The second-order valence-electron chi connectivity index (χ2n) is 15.3. The van der Waals surface area contributed by atoms with Gasteiger partial charge in [-0.25, -0.2) is 4.90 Å². The lowest BCUT2D eigenvalue weighted by Crippen LogP contribution is -2.53. The Labute approximate surface area is 324 Å². The van der Waals surface area contributed by atoms with Crippen molar-refractivity contribution in [3.05, 3.63) is 142 Å². The van der Waals surface area contributed by atoms with Gasteiger partial charge in [0.05, 0.1) is 28.9 Å². The lowest BCUT2D eigenvalue weighted by Gasteiger charge is -2.51. The minimum atomic E-state index is -1.44. The molecular formula is C44H39Cl2N3O5. The highest BCUT2D eigenvalue weighted by molar-refractivity contribution is 6.33. The zero-order valence-corrected chi connectivity index (χ0v) is 31.0. The van der Waals surface area contributed by atoms with Gasteiger partial charge in [-0.1, -0.05) is 108 Å². The smallest absolute Gasteiger partial charge is 0.246 e. The number of phenolic OH excluding ortho intramolecular Hbond substituents is 1. The van der Waals surface area contributed by atoms with E-state index in [1.165, 1.54) is 22.6 Å². The fourth-order valence-corrected chi connectivity index (χ4v) is 10.9. The van der Waals surface area contributed by atoms with Gasteiger partial charge in [0.1, 0.15) is 5.75 Å². The lowest BCUT2D eigenvalue weighted by molar-refractivity contribution is -0.144. The van der Waals surface area contributed by atoms with Gasteiger partial charge in [0.15, 0.2) is 0 Å². The Hall–Kier alpha value is -4.76. The molecule has 10 heteroatoms. The van der Waals surface area contributed by atoms with Gasteiger partial charge >= 0.3 is 0 Å². The van der Waals surface area contributed by atoms with Gasteiger partial charge in [0, 0.05) is 41.6 Å². The van der Waals surface area contributed by atoms with Crippen LogP contribution in [0.3, 0.4) is 0 Å². The van der Waals surface area contributed by atoms with Crippen molar-refractivity contribution in [1.82, 2.24) is 9.80 Å². The number of nitrogens with zero attached hydrogens (tertiary/aromatic N) is 3. The number of phenols is 1. The summed E-state index contributed by atoms with van der Waals surface area (Å²) < 4.78 is 0. The summed E-state index contributed by atoms with van der Waals surface area (Å²) in [6, 6.07) is 30.9. The summed E-state index contributed by atoms with van der Waals surface area (Å²) in [6.45, 7) is 2.37. The third kappa shape index (κ3) is 5.36. The third-order valence-electron chi connectivity index (χ3n) is 12.7. The summed E-state index contributed by atoms with van der Waals surface area (Å²) in [5.74, 6) is -4.52. The quantitative estimate of drug-likeness (QED) is 0.161. The molecule has 3 aliphatic heterocycles. The normalized spacial score (nSPS) is 28.6. The number of halogens is 2. The number of carbonyl (C=O) groups excluding carboxylic acids is 4. The van der Waals surface area contributed by atoms with E-state index in [2.05, 4.69) is 17.0 Å². The molecule has 54 heavy (non-hydrogen) atoms. The number of imide groups is 2. The molecule has 274 valence electrons. The maximum atomic E-state index is 15.4. The summed E-state index contributed by atoms with van der Waals surface area (Å²) in [5.41, 5.74) is 2.23. The average Bonchev–Trinajstić information content (AvgIpc) is 3.57. The summed E-state index contributed by atoms with van der Waals surface area (Å²) in [4.78, 5) is 64.6. The Kier molecular flexibility index (Phi) is 8.75. The van der Waals surface area contributed by atoms with Gasteiger partial charge in [-0.15, -0.1) is 0 Å². The Bertz CT molecular complexity index is 2200. The van der Waals surface area contributed by atoms with Crippen LogP contribution in [0.4, 0.5) is 5.69 Å². The molecule has 0 bridgehead atoms. The molecule has 1 saturated carbocycles. The third-order valence-corrected chi connectivity index (χ3v) is 13.2. The molecule has 4 amide bonds. The summed E-state index contributed by atoms with van der Waals surface area (Å²) in [5, 5.41) is 11.1. The van der Waals surface area contributed by atoms with Crippen molar-refractivity contribution >= 4 is 52.5 Å². The Morgan fingerprint density at radius 2 is 1.48 bits per heavy atom. The fraction of sp³-hybridized carbons (Fsp3) is 0.318. The van der Waals surface area contributed by atoms with Gasteiger partial charge in [-0.05, 0) is 78.6 Å². The zero-order valence-electron chi connectivity index (χ0n) is 29.5. The first-order chi connectivity index (χ1) is 26.2. The summed E-state index contributed by atoms with van der Waals surface area (Å²) in [6.07, 6.45) is 3.98. The van der Waals surface area contributed by atoms with Gasteiger partial charge in [0.2, 0.25) is 23.6 Å². The number of rotatable bonds is 6. The van der Waals surface area contributed by atoms with E-state index in [1.807, 2.05) is 54.6 Å². The highest BCUT2D eigenvalue weighted by atomic mass is 35.5. The first kappa shape index (κ1) is 35.0. The highest BCUT2D eigenvalue weighted by Gasteiger charge is 2.70. The number of hydrogen-bond acceptors (Lipinski definition) is 6. The molecule has 9 rings (SSSR count). The molecule has 8 nitrogen and oxygen atoms in total. The number of hydrogen-bond donors (Lipinski definition) is 1. The highest BCUT2D eigenvalue weighted by Crippen LogP contribution is 2.65. The van der Waals surface area contributed by atoms with E-state index in [-0.39, 0.29) is 41.0 Å². The molecule has 4 fully saturated rings. The zero-order chi connectivity index (χ0) is 37.3. The van der Waals surface area contributed by atoms with E-state index in [0.717, 1.165) is 25.2 Å². The van der Waals surface area contributed by atoms with Crippen LogP contribution in [0, 0.1) is 23.7 Å². The van der Waals surface area contributed by atoms with Crippen molar-refractivity contribution in [2.75, 3.05) is 18.0 Å². The second kappa shape index (κ2) is 13.5. The van der Waals surface area contributed by atoms with Crippen molar-refractivity contribution in [3.63, 3.8) is 0 Å². The van der Waals surface area contributed by atoms with Gasteiger partial charge in [-0.2, -0.15) is 0 Å². The molecule has 5 aliphatic rings. The standard InChI is InChI=1S/C44H39Cl2N3O5/c45-28-12-7-13-30(22-28)49-41(52)36-24-35-32(39(33-15-14-31(50)23-37(33)46)44(36,43(49)54)27-10-5-2-6-11-27)16-17-34-38(35)42(53)48(40(34)51)29-18-20-47(21-19-29)25-26-8-3-1-4-9-26/h1-16,22-23,29,34-36,38-39,50H,17-21,24-25H2/t34-,35+,36-,38-,39+,44+/m0/s1. The minimum Gasteiger partial charge on any atom is -0.508 e. The van der Waals surface area contributed by atoms with Crippen molar-refractivity contribution < 1.29 is 24.3 Å². The Balaban J connectivity index is 1.12. The molecule has 4 aromatic rings. The van der Waals surface area contributed by atoms with Crippen LogP contribution in [-0.2, 0) is 31.1 Å². The molecule has 3 saturated heterocycles. The van der Waals surface area contributed by atoms with Crippen molar-refractivity contribution in [1.29, 1.82) is 0 Å². The average molecular weight is 761 g/mol. The SMILES string of the molecule is O=C1[C@@H]2C[C@@H]3C(=CC[C@@H]4C(=O)N(C5CCN(Cc6ccccc6)CC5)C(=O)[C@@H]43)[C@H](c3ccc(O)cc3Cl)[C@]2(c2ccccc2)C(=O)N1c1cccc(Cl)c1. The number of carbonyl (C=O) groups is 4. The number of allylic oxidation sites excluding steroid dienone is 2. The number of aromatic hydroxyl groups is 1. The first-order valence-electron chi connectivity index (χ1n) is 18.7. The molecule has 0 radical (unpaired) electrons. The lowest BCUT2D eigenvalue weighted by atomic mass is 9.49. The van der Waals surface area contributed by atoms with E-state index in [0.29, 0.717) is 41.1 Å². The Morgan fingerprint density at radius 3 is 2.19 bits per heavy atom. The van der Waals surface area contributed by atoms with E-state index in [1.54, 1.807) is 35.2 Å². The first-order valence-corrected chi connectivity index (χ1v) is 19.4. The Morgan fingerprint density at radius 1 is 0.759 bits per heavy atom. The topological polar surface area (TPSA) is 98.2 Å². The van der Waals surface area contributed by atoms with Crippen LogP contribution >= 0.6 is 23.2 Å². The molecule has 1 N–H and O–H groups in total. The van der Waals surface area contributed by atoms with E-state index < -0.39 is 40.9 Å². The van der Waals surface area contributed by atoms with Crippen molar-refractivity contribution in [3.8, 4) is 5.75 Å². The van der Waals surface area contributed by atoms with Crippen LogP contribution in [-0.4, -0.2) is 57.7 Å². The summed E-state index contributed by atoms with van der Waals surface area (Å²) in [7, 11) is 0. The molecule has 6 atom stereocenters. The molecule has 3 heterocycles. The minimum absolute atomic E-state index is 0.0319. The largest absolute Gasteiger partial charge is 0.508 e. The predicted octanol–water partition coefficient (Wildman–Crippen LogP) is 7.53. The van der Waals surface area contributed by atoms with E-state index >= 15 is 4.79 Å². The molecule has 2 aliphatic carbocycles. The number of amides is 4. The molecule has 4 aromatic carbocycles.